The van der Waals surface area contributed by atoms with Crippen molar-refractivity contribution in [3.8, 4) is 0 Å². The van der Waals surface area contributed by atoms with Crippen molar-refractivity contribution in [2.75, 3.05) is 23.8 Å². The summed E-state index contributed by atoms with van der Waals surface area (Å²) < 4.78 is 0. The molecule has 0 radical (unpaired) electrons. The molecule has 156 valence electrons. The van der Waals surface area contributed by atoms with Crippen LogP contribution in [-0.4, -0.2) is 23.7 Å². The number of para-hydroxylation sites is 1. The number of fused-ring (bicyclic) bond motifs is 1. The first-order valence-corrected chi connectivity index (χ1v) is 10.7. The largest absolute Gasteiger partial charge is 0.354 e. The Balaban J connectivity index is 0.000000687. The van der Waals surface area contributed by atoms with Crippen molar-refractivity contribution in [1.29, 1.82) is 0 Å². The first-order chi connectivity index (χ1) is 14.0. The van der Waals surface area contributed by atoms with E-state index >= 15 is 0 Å². The maximum absolute atomic E-state index is 4.63. The molecule has 0 unspecified atom stereocenters. The second kappa shape index (κ2) is 11.4. The molecule has 0 saturated heterocycles. The predicted octanol–water partition coefficient (Wildman–Crippen LogP) is 6.40. The topological polar surface area (TPSA) is 39.7 Å². The molecule has 3 rings (SSSR count). The maximum Gasteiger partial charge on any atom is 0.115 e. The van der Waals surface area contributed by atoms with Gasteiger partial charge in [0.2, 0.25) is 0 Å². The van der Waals surface area contributed by atoms with E-state index in [9.17, 15) is 0 Å². The Morgan fingerprint density at radius 2 is 1.69 bits per heavy atom. The smallest absolute Gasteiger partial charge is 0.115 e. The van der Waals surface area contributed by atoms with Crippen LogP contribution in [0.5, 0.6) is 0 Å². The van der Waals surface area contributed by atoms with Crippen LogP contribution in [0.15, 0.2) is 59.8 Å². The van der Waals surface area contributed by atoms with Gasteiger partial charge in [-0.2, -0.15) is 5.10 Å². The molecular weight excluding hydrogens is 356 g/mol. The lowest BCUT2D eigenvalue weighted by Crippen LogP contribution is -2.22. The number of rotatable bonds is 7. The molecule has 0 aromatic heterocycles. The van der Waals surface area contributed by atoms with Gasteiger partial charge in [0.05, 0.1) is 11.4 Å². The van der Waals surface area contributed by atoms with E-state index < -0.39 is 0 Å². The highest BCUT2D eigenvalue weighted by Gasteiger charge is 2.22. The summed E-state index contributed by atoms with van der Waals surface area (Å²) in [5, 5.41) is 7.96. The monoisotopic (exact) mass is 392 g/mol. The number of allylic oxidation sites excluding steroid dienone is 1. The van der Waals surface area contributed by atoms with Crippen molar-refractivity contribution in [1.82, 2.24) is 4.90 Å². The first-order valence-electron chi connectivity index (χ1n) is 10.7. The Morgan fingerprint density at radius 3 is 2.31 bits per heavy atom. The van der Waals surface area contributed by atoms with Crippen LogP contribution in [0.4, 0.5) is 11.4 Å². The molecule has 1 aliphatic heterocycles. The van der Waals surface area contributed by atoms with Crippen LogP contribution in [0, 0.1) is 6.92 Å². The van der Waals surface area contributed by atoms with Gasteiger partial charge in [0.25, 0.3) is 0 Å². The van der Waals surface area contributed by atoms with Gasteiger partial charge in [0.1, 0.15) is 5.71 Å². The van der Waals surface area contributed by atoms with E-state index in [0.717, 1.165) is 48.0 Å². The summed E-state index contributed by atoms with van der Waals surface area (Å²) in [5.74, 6) is 0. The summed E-state index contributed by atoms with van der Waals surface area (Å²) in [7, 11) is 0. The third-order valence-corrected chi connectivity index (χ3v) is 5.14. The Hall–Kier alpha value is -2.59. The molecule has 29 heavy (non-hydrogen) atoms. The highest BCUT2D eigenvalue weighted by Crippen LogP contribution is 2.29. The number of unbranched alkanes of at least 4 members (excludes halogenated alkanes) is 1. The highest BCUT2D eigenvalue weighted by atomic mass is 15.3. The van der Waals surface area contributed by atoms with E-state index in [1.54, 1.807) is 0 Å². The lowest BCUT2D eigenvalue weighted by atomic mass is 10.1. The molecule has 0 amide bonds. The van der Waals surface area contributed by atoms with Gasteiger partial charge in [-0.3, -0.25) is 10.3 Å². The minimum atomic E-state index is 0.830. The molecular formula is C25H36N4. The average molecular weight is 393 g/mol. The Kier molecular flexibility index (Phi) is 8.94. The first kappa shape index (κ1) is 22.7. The van der Waals surface area contributed by atoms with E-state index in [1.807, 2.05) is 18.2 Å². The van der Waals surface area contributed by atoms with Gasteiger partial charge in [-0.15, -0.1) is 0 Å². The highest BCUT2D eigenvalue weighted by molar-refractivity contribution is 6.21. The van der Waals surface area contributed by atoms with Crippen LogP contribution in [0.3, 0.4) is 0 Å². The van der Waals surface area contributed by atoms with E-state index in [1.165, 1.54) is 24.0 Å². The summed E-state index contributed by atoms with van der Waals surface area (Å²) in [5.41, 5.74) is 10.5. The van der Waals surface area contributed by atoms with Gasteiger partial charge in [0.15, 0.2) is 0 Å². The average Bonchev–Trinajstić information content (AvgIpc) is 3.06. The molecule has 1 heterocycles. The van der Waals surface area contributed by atoms with Gasteiger partial charge < -0.3 is 5.32 Å². The molecule has 0 bridgehead atoms. The number of aryl methyl sites for hydroxylation is 1. The van der Waals surface area contributed by atoms with Crippen molar-refractivity contribution in [3.63, 3.8) is 0 Å². The number of anilines is 2. The molecule has 0 spiro atoms. The molecule has 0 fully saturated rings. The molecule has 0 atom stereocenters. The van der Waals surface area contributed by atoms with Crippen molar-refractivity contribution in [2.24, 2.45) is 5.10 Å². The van der Waals surface area contributed by atoms with Gasteiger partial charge in [-0.25, -0.2) is 0 Å². The number of hydrogen-bond donors (Lipinski definition) is 2. The van der Waals surface area contributed by atoms with E-state index in [2.05, 4.69) is 86.2 Å². The van der Waals surface area contributed by atoms with Crippen molar-refractivity contribution in [3.05, 3.63) is 71.4 Å². The Bertz CT molecular complexity index is 832. The summed E-state index contributed by atoms with van der Waals surface area (Å²) in [4.78, 5) is 2.40. The number of nitrogens with zero attached hydrogens (tertiary/aromatic N) is 2. The summed E-state index contributed by atoms with van der Waals surface area (Å²) in [6, 6.07) is 14.6. The number of hydrazone groups is 1. The lowest BCUT2D eigenvalue weighted by Gasteiger charge is -2.18. The fourth-order valence-corrected chi connectivity index (χ4v) is 3.03. The maximum atomic E-state index is 4.63. The SMILES string of the molecule is C=C1Nc2ccc(CN(CC)CC)cc2/C1=N/Nc1ccccc1C.CCCC. The zero-order chi connectivity index (χ0) is 21.2. The zero-order valence-corrected chi connectivity index (χ0v) is 18.7. The standard InChI is InChI=1S/C21H26N4.C4H10/c1-5-25(6-2)14-17-11-12-20-18(13-17)21(16(4)22-20)24-23-19-10-8-7-9-15(19)3;1-3-4-2/h7-13,22-23H,4-6,14H2,1-3H3;3-4H2,1-2H3/b24-21+;. The van der Waals surface area contributed by atoms with Crippen LogP contribution in [0.1, 0.15) is 57.2 Å². The molecule has 1 aliphatic rings. The van der Waals surface area contributed by atoms with Gasteiger partial charge >= 0.3 is 0 Å². The fourth-order valence-electron chi connectivity index (χ4n) is 3.03. The summed E-state index contributed by atoms with van der Waals surface area (Å²) in [6.45, 7) is 18.0. The van der Waals surface area contributed by atoms with Crippen LogP contribution >= 0.6 is 0 Å². The van der Waals surface area contributed by atoms with Gasteiger partial charge in [-0.1, -0.05) is 71.4 Å². The fraction of sp³-hybridized carbons (Fsp3) is 0.400. The second-order valence-electron chi connectivity index (χ2n) is 7.33. The second-order valence-corrected chi connectivity index (χ2v) is 7.33. The quantitative estimate of drug-likeness (QED) is 0.536. The third kappa shape index (κ3) is 6.20. The van der Waals surface area contributed by atoms with Crippen LogP contribution in [0.25, 0.3) is 0 Å². The number of nitrogens with one attached hydrogen (secondary N) is 2. The van der Waals surface area contributed by atoms with Gasteiger partial charge in [0, 0.05) is 17.8 Å². The number of hydrogen-bond acceptors (Lipinski definition) is 4. The minimum absolute atomic E-state index is 0.830. The summed E-state index contributed by atoms with van der Waals surface area (Å²) in [6.07, 6.45) is 2.64. The van der Waals surface area contributed by atoms with Crippen LogP contribution in [-0.2, 0) is 6.54 Å². The lowest BCUT2D eigenvalue weighted by molar-refractivity contribution is 0.296. The zero-order valence-electron chi connectivity index (χ0n) is 18.7. The Labute approximate surface area is 176 Å². The van der Waals surface area contributed by atoms with Crippen LogP contribution in [0.2, 0.25) is 0 Å². The van der Waals surface area contributed by atoms with E-state index in [-0.39, 0.29) is 0 Å². The number of benzene rings is 2. The molecule has 0 aliphatic carbocycles. The van der Waals surface area contributed by atoms with E-state index in [0.29, 0.717) is 0 Å². The molecule has 0 saturated carbocycles. The molecule has 4 heteroatoms. The van der Waals surface area contributed by atoms with Crippen LogP contribution < -0.4 is 10.7 Å². The van der Waals surface area contributed by atoms with Crippen molar-refractivity contribution < 1.29 is 0 Å². The molecule has 2 aromatic carbocycles. The molecule has 2 aromatic rings. The van der Waals surface area contributed by atoms with Gasteiger partial charge in [-0.05, 0) is 49.3 Å². The predicted molar refractivity (Wildman–Crippen MR) is 128 cm³/mol. The molecule has 2 N–H and O–H groups in total. The minimum Gasteiger partial charge on any atom is -0.354 e. The normalized spacial score (nSPS) is 13.7. The Morgan fingerprint density at radius 1 is 1.00 bits per heavy atom. The van der Waals surface area contributed by atoms with E-state index in [4.69, 9.17) is 0 Å². The summed E-state index contributed by atoms with van der Waals surface area (Å²) >= 11 is 0. The molecule has 4 nitrogen and oxygen atoms in total. The van der Waals surface area contributed by atoms with Crippen molar-refractivity contribution in [2.45, 2.75) is 54.0 Å². The third-order valence-electron chi connectivity index (χ3n) is 5.14. The van der Waals surface area contributed by atoms with Crippen molar-refractivity contribution >= 4 is 17.1 Å².